The van der Waals surface area contributed by atoms with Crippen molar-refractivity contribution in [2.45, 2.75) is 0 Å². The second-order valence-electron chi connectivity index (χ2n) is 3.00. The number of fused-ring (bicyclic) bond motifs is 1. The lowest BCUT2D eigenvalue weighted by atomic mass is 10.2. The Kier molecular flexibility index (Phi) is 2.72. The van der Waals surface area contributed by atoms with Gasteiger partial charge in [-0.2, -0.15) is 0 Å². The topological polar surface area (TPSA) is 48.1 Å². The standard InChI is InChI=1S/C10H7IN2O2/c11-4-6-12-5-3-8-7-9(13(14)15)1-2-10(8)12/h1-7H/b6-4+. The fourth-order valence-electron chi connectivity index (χ4n) is 1.46. The summed E-state index contributed by atoms with van der Waals surface area (Å²) in [5.74, 6) is 0. The molecule has 0 spiro atoms. The second-order valence-corrected chi connectivity index (χ2v) is 3.72. The number of hydrogen-bond acceptors (Lipinski definition) is 2. The molecule has 0 atom stereocenters. The highest BCUT2D eigenvalue weighted by Gasteiger charge is 2.07. The van der Waals surface area contributed by atoms with Gasteiger partial charge in [-0.1, -0.05) is 22.6 Å². The van der Waals surface area contributed by atoms with Crippen molar-refractivity contribution in [3.8, 4) is 0 Å². The van der Waals surface area contributed by atoms with E-state index in [1.54, 1.807) is 12.1 Å². The van der Waals surface area contributed by atoms with Crippen LogP contribution in [0.15, 0.2) is 34.5 Å². The maximum absolute atomic E-state index is 10.6. The second kappa shape index (κ2) is 4.01. The largest absolute Gasteiger partial charge is 0.323 e. The van der Waals surface area contributed by atoms with Crippen LogP contribution in [0.4, 0.5) is 5.69 Å². The van der Waals surface area contributed by atoms with Crippen molar-refractivity contribution in [2.24, 2.45) is 0 Å². The zero-order valence-electron chi connectivity index (χ0n) is 7.63. The van der Waals surface area contributed by atoms with Crippen LogP contribution in [-0.2, 0) is 0 Å². The SMILES string of the molecule is O=[N+]([O-])c1ccc2c(ccn2/C=C/I)c1. The molecule has 0 fully saturated rings. The minimum absolute atomic E-state index is 0.124. The summed E-state index contributed by atoms with van der Waals surface area (Å²) in [6.45, 7) is 0. The number of aromatic nitrogens is 1. The molecule has 0 aliphatic rings. The molecule has 1 heterocycles. The van der Waals surface area contributed by atoms with E-state index in [-0.39, 0.29) is 10.6 Å². The van der Waals surface area contributed by atoms with Crippen LogP contribution in [-0.4, -0.2) is 9.49 Å². The molecule has 1 aromatic carbocycles. The minimum Gasteiger partial charge on any atom is -0.323 e. The third-order valence-electron chi connectivity index (χ3n) is 2.13. The molecule has 0 amide bonds. The number of benzene rings is 1. The van der Waals surface area contributed by atoms with Gasteiger partial charge in [0.2, 0.25) is 0 Å². The first kappa shape index (κ1) is 10.2. The van der Waals surface area contributed by atoms with Crippen LogP contribution in [0, 0.1) is 10.1 Å². The summed E-state index contributed by atoms with van der Waals surface area (Å²) in [4.78, 5) is 10.2. The lowest BCUT2D eigenvalue weighted by molar-refractivity contribution is -0.384. The van der Waals surface area contributed by atoms with Crippen molar-refractivity contribution < 1.29 is 4.92 Å². The third-order valence-corrected chi connectivity index (χ3v) is 2.45. The van der Waals surface area contributed by atoms with Gasteiger partial charge >= 0.3 is 0 Å². The fraction of sp³-hybridized carbons (Fsp3) is 0. The molecule has 0 unspecified atom stereocenters. The van der Waals surface area contributed by atoms with E-state index in [1.807, 2.05) is 27.1 Å². The molecule has 1 aromatic heterocycles. The summed E-state index contributed by atoms with van der Waals surface area (Å²) in [5, 5.41) is 11.4. The molecule has 0 bridgehead atoms. The van der Waals surface area contributed by atoms with Crippen LogP contribution in [0.1, 0.15) is 0 Å². The van der Waals surface area contributed by atoms with Crippen LogP contribution < -0.4 is 0 Å². The van der Waals surface area contributed by atoms with Crippen molar-refractivity contribution in [3.63, 3.8) is 0 Å². The van der Waals surface area contributed by atoms with Crippen molar-refractivity contribution in [1.29, 1.82) is 0 Å². The van der Waals surface area contributed by atoms with Gasteiger partial charge in [0.15, 0.2) is 0 Å². The van der Waals surface area contributed by atoms with Gasteiger partial charge in [0.1, 0.15) is 0 Å². The van der Waals surface area contributed by atoms with Gasteiger partial charge in [0.25, 0.3) is 5.69 Å². The van der Waals surface area contributed by atoms with E-state index in [1.165, 1.54) is 6.07 Å². The molecule has 0 radical (unpaired) electrons. The lowest BCUT2D eigenvalue weighted by Crippen LogP contribution is -1.87. The highest BCUT2D eigenvalue weighted by Crippen LogP contribution is 2.22. The first-order valence-electron chi connectivity index (χ1n) is 4.24. The van der Waals surface area contributed by atoms with Gasteiger partial charge in [-0.05, 0) is 16.2 Å². The van der Waals surface area contributed by atoms with E-state index in [9.17, 15) is 10.1 Å². The summed E-state index contributed by atoms with van der Waals surface area (Å²) in [7, 11) is 0. The Hall–Kier alpha value is -1.37. The Morgan fingerprint density at radius 3 is 2.87 bits per heavy atom. The predicted octanol–water partition coefficient (Wildman–Crippen LogP) is 3.41. The van der Waals surface area contributed by atoms with E-state index in [2.05, 4.69) is 22.6 Å². The van der Waals surface area contributed by atoms with Crippen LogP contribution in [0.2, 0.25) is 0 Å². The molecule has 2 rings (SSSR count). The maximum Gasteiger partial charge on any atom is 0.270 e. The third kappa shape index (κ3) is 1.87. The van der Waals surface area contributed by atoms with Crippen molar-refractivity contribution in [1.82, 2.24) is 4.57 Å². The van der Waals surface area contributed by atoms with Gasteiger partial charge in [-0.3, -0.25) is 10.1 Å². The molecule has 0 N–H and O–H groups in total. The van der Waals surface area contributed by atoms with Crippen molar-refractivity contribution in [3.05, 3.63) is 44.7 Å². The summed E-state index contributed by atoms with van der Waals surface area (Å²) >= 11 is 2.13. The van der Waals surface area contributed by atoms with Gasteiger partial charge in [-0.25, -0.2) is 0 Å². The van der Waals surface area contributed by atoms with Gasteiger partial charge in [0.05, 0.1) is 10.4 Å². The first-order valence-corrected chi connectivity index (χ1v) is 5.49. The van der Waals surface area contributed by atoms with Gasteiger partial charge < -0.3 is 4.57 Å². The van der Waals surface area contributed by atoms with E-state index < -0.39 is 0 Å². The Labute approximate surface area is 99.5 Å². The average Bonchev–Trinajstić information content (AvgIpc) is 2.61. The number of hydrogen-bond donors (Lipinski definition) is 0. The van der Waals surface area contributed by atoms with Crippen LogP contribution in [0.25, 0.3) is 17.1 Å². The monoisotopic (exact) mass is 314 g/mol. The quantitative estimate of drug-likeness (QED) is 0.484. The smallest absolute Gasteiger partial charge is 0.270 e. The number of nitro benzene ring substituents is 1. The lowest BCUT2D eigenvalue weighted by Gasteiger charge is -1.96. The molecule has 0 aliphatic carbocycles. The van der Waals surface area contributed by atoms with Crippen LogP contribution in [0.5, 0.6) is 0 Å². The van der Waals surface area contributed by atoms with E-state index in [4.69, 9.17) is 0 Å². The number of nitrogens with zero attached hydrogens (tertiary/aromatic N) is 2. The Morgan fingerprint density at radius 2 is 2.20 bits per heavy atom. The molecule has 0 aliphatic heterocycles. The Bertz CT molecular complexity index is 545. The number of non-ortho nitro benzene ring substituents is 1. The molecule has 5 heteroatoms. The van der Waals surface area contributed by atoms with Crippen LogP contribution in [0.3, 0.4) is 0 Å². The minimum atomic E-state index is -0.384. The van der Waals surface area contributed by atoms with Gasteiger partial charge in [0, 0.05) is 29.9 Å². The van der Waals surface area contributed by atoms with Gasteiger partial charge in [-0.15, -0.1) is 0 Å². The average molecular weight is 314 g/mol. The highest BCUT2D eigenvalue weighted by molar-refractivity contribution is 14.1. The molecular weight excluding hydrogens is 307 g/mol. The molecule has 15 heavy (non-hydrogen) atoms. The number of nitro groups is 1. The molecule has 0 saturated heterocycles. The van der Waals surface area contributed by atoms with Crippen LogP contribution >= 0.6 is 22.6 Å². The summed E-state index contributed by atoms with van der Waals surface area (Å²) in [6.07, 6.45) is 3.78. The molecule has 76 valence electrons. The maximum atomic E-state index is 10.6. The van der Waals surface area contributed by atoms with E-state index >= 15 is 0 Å². The zero-order chi connectivity index (χ0) is 10.8. The molecule has 2 aromatic rings. The molecular formula is C10H7IN2O2. The van der Waals surface area contributed by atoms with Crippen molar-refractivity contribution in [2.75, 3.05) is 0 Å². The molecule has 4 nitrogen and oxygen atoms in total. The summed E-state index contributed by atoms with van der Waals surface area (Å²) in [5.41, 5.74) is 1.09. The normalized spacial score (nSPS) is 11.3. The Morgan fingerprint density at radius 1 is 1.40 bits per heavy atom. The summed E-state index contributed by atoms with van der Waals surface area (Å²) < 4.78 is 3.81. The number of rotatable bonds is 2. The van der Waals surface area contributed by atoms with Crippen molar-refractivity contribution >= 4 is 45.4 Å². The zero-order valence-corrected chi connectivity index (χ0v) is 9.79. The van der Waals surface area contributed by atoms with E-state index in [0.29, 0.717) is 0 Å². The first-order chi connectivity index (χ1) is 7.22. The predicted molar refractivity (Wildman–Crippen MR) is 67.9 cm³/mol. The Balaban J connectivity index is 2.61. The summed E-state index contributed by atoms with van der Waals surface area (Å²) in [6, 6.07) is 6.70. The highest BCUT2D eigenvalue weighted by atomic mass is 127. The number of halogens is 1. The van der Waals surface area contributed by atoms with E-state index in [0.717, 1.165) is 10.9 Å². The molecule has 0 saturated carbocycles. The fourth-order valence-corrected chi connectivity index (χ4v) is 1.80.